The molecule has 1 aliphatic heterocycles. The van der Waals surface area contributed by atoms with E-state index in [9.17, 15) is 9.59 Å². The summed E-state index contributed by atoms with van der Waals surface area (Å²) in [6, 6.07) is 4.57. The van der Waals surface area contributed by atoms with Gasteiger partial charge >= 0.3 is 0 Å². The summed E-state index contributed by atoms with van der Waals surface area (Å²) in [5, 5.41) is 3.34. The smallest absolute Gasteiger partial charge is 0.271 e. The Kier molecular flexibility index (Phi) is 6.97. The summed E-state index contributed by atoms with van der Waals surface area (Å²) in [6.07, 6.45) is 13.4. The van der Waals surface area contributed by atoms with Crippen molar-refractivity contribution in [2.24, 2.45) is 5.92 Å². The zero-order valence-electron chi connectivity index (χ0n) is 21.7. The Morgan fingerprint density at radius 3 is 2.66 bits per heavy atom. The molecule has 2 aromatic heterocycles. The van der Waals surface area contributed by atoms with E-state index in [1.807, 2.05) is 28.5 Å². The van der Waals surface area contributed by atoms with Crippen LogP contribution < -0.4 is 5.32 Å². The molecule has 1 N–H and O–H groups in total. The Balaban J connectivity index is 1.34. The highest BCUT2D eigenvalue weighted by atomic mass is 16.3. The van der Waals surface area contributed by atoms with E-state index in [0.717, 1.165) is 50.1 Å². The summed E-state index contributed by atoms with van der Waals surface area (Å²) in [4.78, 5) is 31.9. The van der Waals surface area contributed by atoms with Crippen molar-refractivity contribution in [2.45, 2.75) is 102 Å². The number of fused-ring (bicyclic) bond motifs is 3. The fourth-order valence-corrected chi connectivity index (χ4v) is 6.55. The first kappa shape index (κ1) is 24.4. The third kappa shape index (κ3) is 4.76. The van der Waals surface area contributed by atoms with Gasteiger partial charge in [-0.3, -0.25) is 9.59 Å². The Bertz CT molecular complexity index is 1040. The molecule has 0 radical (unpaired) electrons. The van der Waals surface area contributed by atoms with Gasteiger partial charge in [0, 0.05) is 30.8 Å². The summed E-state index contributed by atoms with van der Waals surface area (Å²) in [7, 11) is 2.21. The summed E-state index contributed by atoms with van der Waals surface area (Å²) in [5.41, 5.74) is 1.28. The molecule has 2 amide bonds. The normalized spacial score (nSPS) is 28.0. The molecule has 2 fully saturated rings. The first-order chi connectivity index (χ1) is 16.9. The molecule has 3 aliphatic rings. The molecule has 7 nitrogen and oxygen atoms in total. The molecule has 35 heavy (non-hydrogen) atoms. The number of rotatable bonds is 7. The lowest BCUT2D eigenvalue weighted by atomic mass is 9.86. The molecule has 192 valence electrons. The molecule has 7 heteroatoms. The standard InChI is InChI=1S/C28H42N4O3/c1-20-10-12-21(13-11-20)29-27(34)28(2)19-31-23-14-17-35-25(23)18-24(31)26(33)32(28)16-7-15-30(3)22-8-5-4-6-9-22/h14,17-18,20-22H,4-13,15-16,19H2,1-3H3,(H,29,34). The first-order valence-electron chi connectivity index (χ1n) is 13.8. The number of amides is 2. The molecule has 5 rings (SSSR count). The van der Waals surface area contributed by atoms with Crippen LogP contribution >= 0.6 is 0 Å². The van der Waals surface area contributed by atoms with E-state index >= 15 is 0 Å². The third-order valence-corrected chi connectivity index (χ3v) is 8.98. The Labute approximate surface area is 209 Å². The second-order valence-corrected chi connectivity index (χ2v) is 11.6. The molecule has 1 atom stereocenters. The van der Waals surface area contributed by atoms with Crippen LogP contribution in [0.1, 0.15) is 88.5 Å². The van der Waals surface area contributed by atoms with Crippen molar-refractivity contribution in [3.63, 3.8) is 0 Å². The Hall–Kier alpha value is -2.28. The van der Waals surface area contributed by atoms with Gasteiger partial charge in [0.1, 0.15) is 11.2 Å². The third-order valence-electron chi connectivity index (χ3n) is 8.98. The second-order valence-electron chi connectivity index (χ2n) is 11.6. The van der Waals surface area contributed by atoms with Crippen molar-refractivity contribution in [3.8, 4) is 0 Å². The lowest BCUT2D eigenvalue weighted by molar-refractivity contribution is -0.133. The lowest BCUT2D eigenvalue weighted by Gasteiger charge is -2.45. The van der Waals surface area contributed by atoms with E-state index in [0.29, 0.717) is 30.4 Å². The van der Waals surface area contributed by atoms with Gasteiger partial charge in [0.2, 0.25) is 5.91 Å². The van der Waals surface area contributed by atoms with Gasteiger partial charge in [-0.25, -0.2) is 0 Å². The van der Waals surface area contributed by atoms with Crippen molar-refractivity contribution >= 4 is 22.9 Å². The van der Waals surface area contributed by atoms with E-state index in [1.54, 1.807) is 6.26 Å². The fourth-order valence-electron chi connectivity index (χ4n) is 6.55. The summed E-state index contributed by atoms with van der Waals surface area (Å²) < 4.78 is 7.58. The highest BCUT2D eigenvalue weighted by Gasteiger charge is 2.48. The minimum atomic E-state index is -0.931. The number of carbonyl (C=O) groups excluding carboxylic acids is 2. The Morgan fingerprint density at radius 2 is 1.91 bits per heavy atom. The average molecular weight is 483 g/mol. The largest absolute Gasteiger partial charge is 0.463 e. The van der Waals surface area contributed by atoms with E-state index in [4.69, 9.17) is 4.42 Å². The van der Waals surface area contributed by atoms with Gasteiger partial charge in [-0.15, -0.1) is 0 Å². The predicted molar refractivity (Wildman–Crippen MR) is 137 cm³/mol. The van der Waals surface area contributed by atoms with Gasteiger partial charge in [0.25, 0.3) is 5.91 Å². The average Bonchev–Trinajstić information content (AvgIpc) is 3.45. The molecule has 0 saturated heterocycles. The topological polar surface area (TPSA) is 70.7 Å². The zero-order chi connectivity index (χ0) is 24.6. The maximum Gasteiger partial charge on any atom is 0.271 e. The van der Waals surface area contributed by atoms with E-state index in [1.165, 1.54) is 32.1 Å². The molecule has 0 spiro atoms. The summed E-state index contributed by atoms with van der Waals surface area (Å²) >= 11 is 0. The number of nitrogens with zero attached hydrogens (tertiary/aromatic N) is 3. The van der Waals surface area contributed by atoms with Gasteiger partial charge in [-0.05, 0) is 71.4 Å². The molecule has 3 heterocycles. The minimum Gasteiger partial charge on any atom is -0.463 e. The number of furan rings is 1. The maximum absolute atomic E-state index is 13.8. The van der Waals surface area contributed by atoms with Gasteiger partial charge in [0.15, 0.2) is 5.58 Å². The van der Waals surface area contributed by atoms with Crippen molar-refractivity contribution < 1.29 is 14.0 Å². The number of nitrogens with one attached hydrogen (secondary N) is 1. The van der Waals surface area contributed by atoms with Gasteiger partial charge in [0.05, 0.1) is 18.3 Å². The lowest BCUT2D eigenvalue weighted by Crippen LogP contribution is -2.65. The molecular weight excluding hydrogens is 440 g/mol. The van der Waals surface area contributed by atoms with Crippen LogP contribution in [-0.2, 0) is 11.3 Å². The number of hydrogen-bond donors (Lipinski definition) is 1. The van der Waals surface area contributed by atoms with Crippen LogP contribution in [0.5, 0.6) is 0 Å². The summed E-state index contributed by atoms with van der Waals surface area (Å²) in [6.45, 7) is 6.20. The minimum absolute atomic E-state index is 0.0259. The fraction of sp³-hybridized carbons (Fsp3) is 0.714. The highest BCUT2D eigenvalue weighted by molar-refractivity contribution is 6.02. The van der Waals surface area contributed by atoms with Gasteiger partial charge < -0.3 is 24.1 Å². The van der Waals surface area contributed by atoms with E-state index in [2.05, 4.69) is 24.2 Å². The molecule has 1 unspecified atom stereocenters. The second kappa shape index (κ2) is 10.00. The number of hydrogen-bond acceptors (Lipinski definition) is 4. The quantitative estimate of drug-likeness (QED) is 0.616. The van der Waals surface area contributed by atoms with Crippen LogP contribution in [0.25, 0.3) is 11.1 Å². The monoisotopic (exact) mass is 482 g/mol. The highest BCUT2D eigenvalue weighted by Crippen LogP contribution is 2.34. The molecule has 2 aromatic rings. The molecule has 0 bridgehead atoms. The van der Waals surface area contributed by atoms with Crippen LogP contribution in [0.15, 0.2) is 22.8 Å². The Morgan fingerprint density at radius 1 is 1.17 bits per heavy atom. The number of carbonyl (C=O) groups is 2. The van der Waals surface area contributed by atoms with Crippen LogP contribution in [0, 0.1) is 5.92 Å². The zero-order valence-corrected chi connectivity index (χ0v) is 21.7. The van der Waals surface area contributed by atoms with Crippen molar-refractivity contribution in [1.82, 2.24) is 19.7 Å². The maximum atomic E-state index is 13.8. The SMILES string of the molecule is CC1CCC(NC(=O)C2(C)Cn3c(cc4occc43)C(=O)N2CCCN(C)C2CCCCC2)CC1. The summed E-state index contributed by atoms with van der Waals surface area (Å²) in [5.74, 6) is 0.629. The van der Waals surface area contributed by atoms with Crippen LogP contribution in [0.3, 0.4) is 0 Å². The number of aromatic nitrogens is 1. The van der Waals surface area contributed by atoms with E-state index in [-0.39, 0.29) is 17.9 Å². The molecule has 2 saturated carbocycles. The van der Waals surface area contributed by atoms with Gasteiger partial charge in [-0.1, -0.05) is 26.2 Å². The van der Waals surface area contributed by atoms with Crippen LogP contribution in [-0.4, -0.2) is 63.9 Å². The predicted octanol–water partition coefficient (Wildman–Crippen LogP) is 4.80. The van der Waals surface area contributed by atoms with Gasteiger partial charge in [-0.2, -0.15) is 0 Å². The molecular formula is C28H42N4O3. The van der Waals surface area contributed by atoms with Crippen molar-refractivity contribution in [2.75, 3.05) is 20.1 Å². The van der Waals surface area contributed by atoms with Crippen LogP contribution in [0.4, 0.5) is 0 Å². The first-order valence-corrected chi connectivity index (χ1v) is 13.8. The van der Waals surface area contributed by atoms with Crippen molar-refractivity contribution in [3.05, 3.63) is 24.1 Å². The van der Waals surface area contributed by atoms with Crippen molar-refractivity contribution in [1.29, 1.82) is 0 Å². The molecule has 0 aromatic carbocycles. The van der Waals surface area contributed by atoms with Crippen LogP contribution in [0.2, 0.25) is 0 Å². The van der Waals surface area contributed by atoms with E-state index < -0.39 is 5.54 Å². The molecule has 2 aliphatic carbocycles.